The maximum Gasteiger partial charge on any atom is 0.119 e. The molecule has 2 rings (SSSR count). The Labute approximate surface area is 127 Å². The molecule has 3 nitrogen and oxygen atoms in total. The van der Waals surface area contributed by atoms with Gasteiger partial charge in [0, 0.05) is 12.0 Å². The summed E-state index contributed by atoms with van der Waals surface area (Å²) in [4.78, 5) is 0. The molecular formula is C18H25NO2. The third-order valence-corrected chi connectivity index (χ3v) is 3.80. The van der Waals surface area contributed by atoms with Gasteiger partial charge in [0.25, 0.3) is 0 Å². The van der Waals surface area contributed by atoms with E-state index in [-0.39, 0.29) is 6.04 Å². The van der Waals surface area contributed by atoms with E-state index in [2.05, 4.69) is 44.3 Å². The maximum absolute atomic E-state index is 5.62. The van der Waals surface area contributed by atoms with Gasteiger partial charge in [0.05, 0.1) is 19.4 Å². The molecule has 1 heterocycles. The second kappa shape index (κ2) is 7.32. The number of methoxy groups -OCH3 is 1. The summed E-state index contributed by atoms with van der Waals surface area (Å²) in [6.07, 6.45) is 3.79. The molecule has 114 valence electrons. The number of hydrogen-bond acceptors (Lipinski definition) is 3. The summed E-state index contributed by atoms with van der Waals surface area (Å²) in [5.74, 6) is 1.95. The lowest BCUT2D eigenvalue weighted by Crippen LogP contribution is -2.24. The first kappa shape index (κ1) is 15.6. The molecule has 1 atom stereocenters. The minimum Gasteiger partial charge on any atom is -0.497 e. The summed E-state index contributed by atoms with van der Waals surface area (Å²) in [5, 5.41) is 3.64. The number of rotatable bonds is 7. The van der Waals surface area contributed by atoms with Crippen LogP contribution >= 0.6 is 0 Å². The van der Waals surface area contributed by atoms with E-state index in [1.807, 2.05) is 6.07 Å². The first-order valence-electron chi connectivity index (χ1n) is 7.65. The lowest BCUT2D eigenvalue weighted by atomic mass is 9.94. The molecule has 0 aliphatic carbocycles. The van der Waals surface area contributed by atoms with Crippen molar-refractivity contribution in [3.63, 3.8) is 0 Å². The van der Waals surface area contributed by atoms with Gasteiger partial charge >= 0.3 is 0 Å². The van der Waals surface area contributed by atoms with Gasteiger partial charge in [-0.2, -0.15) is 0 Å². The fraction of sp³-hybridized carbons (Fsp3) is 0.444. The number of furan rings is 1. The van der Waals surface area contributed by atoms with Crippen LogP contribution in [0.4, 0.5) is 0 Å². The highest BCUT2D eigenvalue weighted by molar-refractivity contribution is 5.42. The Balaban J connectivity index is 2.40. The number of hydrogen-bond donors (Lipinski definition) is 1. The molecule has 0 aliphatic rings. The zero-order valence-corrected chi connectivity index (χ0v) is 13.4. The molecule has 1 N–H and O–H groups in total. The van der Waals surface area contributed by atoms with Crippen molar-refractivity contribution >= 4 is 0 Å². The number of nitrogens with one attached hydrogen (secondary N) is 1. The Morgan fingerprint density at radius 2 is 2.00 bits per heavy atom. The highest BCUT2D eigenvalue weighted by Gasteiger charge is 2.20. The summed E-state index contributed by atoms with van der Waals surface area (Å²) >= 11 is 0. The van der Waals surface area contributed by atoms with Gasteiger partial charge in [-0.3, -0.25) is 0 Å². The normalized spacial score (nSPS) is 12.4. The fourth-order valence-electron chi connectivity index (χ4n) is 2.67. The highest BCUT2D eigenvalue weighted by atomic mass is 16.5. The van der Waals surface area contributed by atoms with E-state index in [1.165, 1.54) is 16.7 Å². The van der Waals surface area contributed by atoms with Gasteiger partial charge in [0.1, 0.15) is 11.5 Å². The third kappa shape index (κ3) is 3.48. The summed E-state index contributed by atoms with van der Waals surface area (Å²) in [6, 6.07) is 8.50. The van der Waals surface area contributed by atoms with Crippen molar-refractivity contribution < 1.29 is 9.15 Å². The van der Waals surface area contributed by atoms with Gasteiger partial charge in [-0.25, -0.2) is 0 Å². The van der Waals surface area contributed by atoms with Crippen LogP contribution < -0.4 is 10.1 Å². The van der Waals surface area contributed by atoms with Gasteiger partial charge < -0.3 is 14.5 Å². The molecule has 0 aliphatic heterocycles. The first-order valence-corrected chi connectivity index (χ1v) is 7.65. The average molecular weight is 287 g/mol. The minimum atomic E-state index is 0.171. The molecule has 0 amide bonds. The summed E-state index contributed by atoms with van der Waals surface area (Å²) in [5.41, 5.74) is 3.74. The molecule has 2 aromatic rings. The monoisotopic (exact) mass is 287 g/mol. The van der Waals surface area contributed by atoms with E-state index in [9.17, 15) is 0 Å². The molecule has 0 bridgehead atoms. The van der Waals surface area contributed by atoms with Gasteiger partial charge in [-0.1, -0.05) is 19.9 Å². The molecule has 1 aromatic heterocycles. The fourth-order valence-corrected chi connectivity index (χ4v) is 2.67. The van der Waals surface area contributed by atoms with Gasteiger partial charge in [0.2, 0.25) is 0 Å². The third-order valence-electron chi connectivity index (χ3n) is 3.80. The van der Waals surface area contributed by atoms with Gasteiger partial charge in [0.15, 0.2) is 0 Å². The van der Waals surface area contributed by atoms with E-state index < -0.39 is 0 Å². The van der Waals surface area contributed by atoms with Crippen LogP contribution in [0.5, 0.6) is 5.75 Å². The second-order valence-corrected chi connectivity index (χ2v) is 5.26. The summed E-state index contributed by atoms with van der Waals surface area (Å²) in [7, 11) is 1.70. The van der Waals surface area contributed by atoms with Crippen LogP contribution in [0.3, 0.4) is 0 Å². The van der Waals surface area contributed by atoms with Crippen molar-refractivity contribution in [3.8, 4) is 5.75 Å². The Bertz CT molecular complexity index is 574. The lowest BCUT2D eigenvalue weighted by molar-refractivity contribution is 0.414. The van der Waals surface area contributed by atoms with Crippen molar-refractivity contribution in [1.82, 2.24) is 5.32 Å². The van der Waals surface area contributed by atoms with Crippen LogP contribution in [0.1, 0.15) is 48.8 Å². The largest absolute Gasteiger partial charge is 0.497 e. The highest BCUT2D eigenvalue weighted by Crippen LogP contribution is 2.30. The maximum atomic E-state index is 5.62. The molecule has 1 aromatic carbocycles. The summed E-state index contributed by atoms with van der Waals surface area (Å²) in [6.45, 7) is 7.41. The van der Waals surface area contributed by atoms with Crippen molar-refractivity contribution in [3.05, 3.63) is 53.0 Å². The minimum absolute atomic E-state index is 0.171. The average Bonchev–Trinajstić information content (AvgIpc) is 2.97. The van der Waals surface area contributed by atoms with Crippen molar-refractivity contribution in [2.45, 2.75) is 39.7 Å². The molecule has 0 saturated carbocycles. The Kier molecular flexibility index (Phi) is 5.45. The van der Waals surface area contributed by atoms with Crippen molar-refractivity contribution in [1.29, 1.82) is 0 Å². The second-order valence-electron chi connectivity index (χ2n) is 5.26. The zero-order valence-electron chi connectivity index (χ0n) is 13.4. The van der Waals surface area contributed by atoms with Crippen LogP contribution in [0.25, 0.3) is 0 Å². The predicted molar refractivity (Wildman–Crippen MR) is 86.0 cm³/mol. The molecule has 0 radical (unpaired) electrons. The summed E-state index contributed by atoms with van der Waals surface area (Å²) < 4.78 is 10.9. The van der Waals surface area contributed by atoms with E-state index in [0.29, 0.717) is 0 Å². The van der Waals surface area contributed by atoms with Crippen molar-refractivity contribution in [2.75, 3.05) is 13.7 Å². The van der Waals surface area contributed by atoms with E-state index in [0.717, 1.165) is 30.9 Å². The Morgan fingerprint density at radius 1 is 1.19 bits per heavy atom. The van der Waals surface area contributed by atoms with E-state index in [4.69, 9.17) is 9.15 Å². The zero-order chi connectivity index (χ0) is 15.2. The Morgan fingerprint density at radius 3 is 2.62 bits per heavy atom. The van der Waals surface area contributed by atoms with Crippen molar-refractivity contribution in [2.24, 2.45) is 0 Å². The van der Waals surface area contributed by atoms with Crippen LogP contribution in [0, 0.1) is 6.92 Å². The Hall–Kier alpha value is -1.74. The standard InChI is InChI=1S/C18H25NO2/c1-5-10-19-18(16-9-11-21-17(16)6-2)15-8-7-14(20-4)12-13(15)3/h7-9,11-12,18-19H,5-6,10H2,1-4H3. The van der Waals surface area contributed by atoms with Crippen LogP contribution in [-0.4, -0.2) is 13.7 Å². The molecule has 1 unspecified atom stereocenters. The van der Waals surface area contributed by atoms with Gasteiger partial charge in [-0.05, 0) is 49.2 Å². The number of benzene rings is 1. The molecule has 0 spiro atoms. The molecule has 0 fully saturated rings. The van der Waals surface area contributed by atoms with Gasteiger partial charge in [-0.15, -0.1) is 0 Å². The van der Waals surface area contributed by atoms with Crippen LogP contribution in [0.15, 0.2) is 34.9 Å². The van der Waals surface area contributed by atoms with Crippen LogP contribution in [-0.2, 0) is 6.42 Å². The SMILES string of the molecule is CCCNC(c1ccc(OC)cc1C)c1ccoc1CC. The number of aryl methyl sites for hydroxylation is 2. The molecular weight excluding hydrogens is 262 g/mol. The molecule has 3 heteroatoms. The van der Waals surface area contributed by atoms with E-state index in [1.54, 1.807) is 13.4 Å². The van der Waals surface area contributed by atoms with Crippen LogP contribution in [0.2, 0.25) is 0 Å². The molecule has 0 saturated heterocycles. The smallest absolute Gasteiger partial charge is 0.119 e. The lowest BCUT2D eigenvalue weighted by Gasteiger charge is -2.21. The quantitative estimate of drug-likeness (QED) is 0.826. The van der Waals surface area contributed by atoms with E-state index >= 15 is 0 Å². The molecule has 21 heavy (non-hydrogen) atoms. The predicted octanol–water partition coefficient (Wildman–Crippen LogP) is 4.25. The first-order chi connectivity index (χ1) is 10.2. The number of ether oxygens (including phenoxy) is 1. The topological polar surface area (TPSA) is 34.4 Å².